The van der Waals surface area contributed by atoms with Crippen LogP contribution < -0.4 is 10.1 Å². The van der Waals surface area contributed by atoms with Gasteiger partial charge in [-0.05, 0) is 34.5 Å². The molecule has 1 heterocycles. The fourth-order valence-corrected chi connectivity index (χ4v) is 2.61. The van der Waals surface area contributed by atoms with Crippen LogP contribution in [0.1, 0.15) is 5.56 Å². The van der Waals surface area contributed by atoms with Gasteiger partial charge >= 0.3 is 0 Å². The Morgan fingerprint density at radius 2 is 2.15 bits per heavy atom. The molecule has 1 aromatic carbocycles. The molecule has 0 fully saturated rings. The minimum atomic E-state index is -0.608. The molecule has 6 heteroatoms. The molecule has 2 N–H and O–H groups in total. The zero-order valence-electron chi connectivity index (χ0n) is 10.7. The summed E-state index contributed by atoms with van der Waals surface area (Å²) in [6, 6.07) is 7.04. The number of halogens is 2. The van der Waals surface area contributed by atoms with Crippen molar-refractivity contribution in [2.75, 3.05) is 13.2 Å². The summed E-state index contributed by atoms with van der Waals surface area (Å²) in [5.41, 5.74) is 1.21. The molecule has 0 aliphatic rings. The lowest BCUT2D eigenvalue weighted by Crippen LogP contribution is -2.31. The largest absolute Gasteiger partial charge is 0.489 e. The fourth-order valence-electron chi connectivity index (χ4n) is 1.61. The average Bonchev–Trinajstić information content (AvgIpc) is 2.93. The van der Waals surface area contributed by atoms with E-state index in [1.807, 2.05) is 11.4 Å². The first-order valence-electron chi connectivity index (χ1n) is 6.13. The summed E-state index contributed by atoms with van der Waals surface area (Å²) in [5.74, 6) is 0.482. The second-order valence-electron chi connectivity index (χ2n) is 4.30. The summed E-state index contributed by atoms with van der Waals surface area (Å²) in [6.45, 7) is 1.35. The zero-order chi connectivity index (χ0) is 14.4. The Bertz CT molecular complexity index is 534. The van der Waals surface area contributed by atoms with Crippen LogP contribution in [0.5, 0.6) is 5.75 Å². The lowest BCUT2D eigenvalue weighted by molar-refractivity contribution is 0.106. The van der Waals surface area contributed by atoms with Crippen LogP contribution in [0.2, 0.25) is 10.0 Å². The van der Waals surface area contributed by atoms with Gasteiger partial charge in [0.2, 0.25) is 0 Å². The molecule has 1 atom stereocenters. The highest BCUT2D eigenvalue weighted by atomic mass is 35.5. The standard InChI is InChI=1S/C14H15Cl2NO2S/c15-11-1-2-13(16)14(5-11)19-8-12(18)7-17-6-10-3-4-20-9-10/h1-5,9,12,17-18H,6-8H2. The molecule has 0 saturated heterocycles. The van der Waals surface area contributed by atoms with Crippen molar-refractivity contribution < 1.29 is 9.84 Å². The van der Waals surface area contributed by atoms with Gasteiger partial charge in [0.15, 0.2) is 0 Å². The molecule has 0 radical (unpaired) electrons. The van der Waals surface area contributed by atoms with Crippen molar-refractivity contribution in [2.24, 2.45) is 0 Å². The Morgan fingerprint density at radius 3 is 2.90 bits per heavy atom. The predicted octanol–water partition coefficient (Wildman–Crippen LogP) is 3.58. The van der Waals surface area contributed by atoms with Crippen LogP contribution in [-0.2, 0) is 6.54 Å². The lowest BCUT2D eigenvalue weighted by atomic mass is 10.3. The van der Waals surface area contributed by atoms with E-state index >= 15 is 0 Å². The van der Waals surface area contributed by atoms with Crippen molar-refractivity contribution in [3.05, 3.63) is 50.6 Å². The maximum atomic E-state index is 9.84. The van der Waals surface area contributed by atoms with Gasteiger partial charge in [-0.3, -0.25) is 0 Å². The van der Waals surface area contributed by atoms with Crippen LogP contribution in [0.15, 0.2) is 35.0 Å². The van der Waals surface area contributed by atoms with E-state index in [9.17, 15) is 5.11 Å². The van der Waals surface area contributed by atoms with Gasteiger partial charge in [-0.1, -0.05) is 23.2 Å². The average molecular weight is 332 g/mol. The van der Waals surface area contributed by atoms with E-state index in [1.54, 1.807) is 29.5 Å². The molecule has 108 valence electrons. The van der Waals surface area contributed by atoms with E-state index in [0.29, 0.717) is 22.3 Å². The van der Waals surface area contributed by atoms with Crippen molar-refractivity contribution in [2.45, 2.75) is 12.6 Å². The summed E-state index contributed by atoms with van der Waals surface area (Å²) in [4.78, 5) is 0. The summed E-state index contributed by atoms with van der Waals surface area (Å²) in [6.07, 6.45) is -0.608. The van der Waals surface area contributed by atoms with E-state index in [4.69, 9.17) is 27.9 Å². The summed E-state index contributed by atoms with van der Waals surface area (Å²) >= 11 is 13.5. The van der Waals surface area contributed by atoms with Crippen molar-refractivity contribution in [1.29, 1.82) is 0 Å². The van der Waals surface area contributed by atoms with Crippen molar-refractivity contribution in [1.82, 2.24) is 5.32 Å². The third-order valence-electron chi connectivity index (χ3n) is 2.61. The number of thiophene rings is 1. The van der Waals surface area contributed by atoms with E-state index < -0.39 is 6.10 Å². The van der Waals surface area contributed by atoms with Crippen molar-refractivity contribution in [3.63, 3.8) is 0 Å². The maximum Gasteiger partial charge on any atom is 0.139 e. The van der Waals surface area contributed by atoms with Crippen LogP contribution >= 0.6 is 34.5 Å². The minimum Gasteiger partial charge on any atom is -0.489 e. The molecule has 1 unspecified atom stereocenters. The number of ether oxygens (including phenoxy) is 1. The van der Waals surface area contributed by atoms with Crippen molar-refractivity contribution in [3.8, 4) is 5.75 Å². The second kappa shape index (κ2) is 7.86. The number of rotatable bonds is 7. The Balaban J connectivity index is 1.71. The van der Waals surface area contributed by atoms with Crippen molar-refractivity contribution >= 4 is 34.5 Å². The third-order valence-corrected chi connectivity index (χ3v) is 3.89. The van der Waals surface area contributed by atoms with Gasteiger partial charge in [0.05, 0.1) is 5.02 Å². The number of aliphatic hydroxyl groups is 1. The topological polar surface area (TPSA) is 41.5 Å². The van der Waals surface area contributed by atoms with E-state index in [1.165, 1.54) is 5.56 Å². The normalized spacial score (nSPS) is 12.3. The predicted molar refractivity (Wildman–Crippen MR) is 84.0 cm³/mol. The minimum absolute atomic E-state index is 0.163. The SMILES string of the molecule is OC(CNCc1ccsc1)COc1cc(Cl)ccc1Cl. The molecule has 0 saturated carbocycles. The molecule has 0 aliphatic heterocycles. The monoisotopic (exact) mass is 331 g/mol. The smallest absolute Gasteiger partial charge is 0.139 e. The van der Waals surface area contributed by atoms with Crippen LogP contribution in [0.3, 0.4) is 0 Å². The summed E-state index contributed by atoms with van der Waals surface area (Å²) in [5, 5.41) is 18.1. The van der Waals surface area contributed by atoms with Gasteiger partial charge in [-0.2, -0.15) is 11.3 Å². The Morgan fingerprint density at radius 1 is 1.30 bits per heavy atom. The Kier molecular flexibility index (Phi) is 6.13. The fraction of sp³-hybridized carbons (Fsp3) is 0.286. The number of benzene rings is 1. The number of nitrogens with one attached hydrogen (secondary N) is 1. The number of hydrogen-bond donors (Lipinski definition) is 2. The van der Waals surface area contributed by atoms with E-state index in [0.717, 1.165) is 6.54 Å². The molecule has 20 heavy (non-hydrogen) atoms. The first-order chi connectivity index (χ1) is 9.65. The highest BCUT2D eigenvalue weighted by molar-refractivity contribution is 7.07. The van der Waals surface area contributed by atoms with Crippen LogP contribution in [0.4, 0.5) is 0 Å². The zero-order valence-corrected chi connectivity index (χ0v) is 13.0. The van der Waals surface area contributed by atoms with Gasteiger partial charge < -0.3 is 15.2 Å². The van der Waals surface area contributed by atoms with Crippen LogP contribution in [0.25, 0.3) is 0 Å². The van der Waals surface area contributed by atoms with E-state index in [-0.39, 0.29) is 6.61 Å². The molecule has 3 nitrogen and oxygen atoms in total. The molecule has 0 amide bonds. The van der Waals surface area contributed by atoms with Gasteiger partial charge in [0.1, 0.15) is 18.5 Å². The highest BCUT2D eigenvalue weighted by Gasteiger charge is 2.08. The van der Waals surface area contributed by atoms with Crippen LogP contribution in [0, 0.1) is 0 Å². The first-order valence-corrected chi connectivity index (χ1v) is 7.82. The summed E-state index contributed by atoms with van der Waals surface area (Å²) < 4.78 is 5.46. The van der Waals surface area contributed by atoms with Crippen LogP contribution in [-0.4, -0.2) is 24.4 Å². The quantitative estimate of drug-likeness (QED) is 0.814. The Hall–Kier alpha value is -0.780. The van der Waals surface area contributed by atoms with Gasteiger partial charge in [0, 0.05) is 24.2 Å². The maximum absolute atomic E-state index is 9.84. The molecule has 2 aromatic rings. The third kappa shape index (κ3) is 4.96. The highest BCUT2D eigenvalue weighted by Crippen LogP contribution is 2.27. The van der Waals surface area contributed by atoms with Gasteiger partial charge in [0.25, 0.3) is 0 Å². The number of hydrogen-bond acceptors (Lipinski definition) is 4. The van der Waals surface area contributed by atoms with Gasteiger partial charge in [-0.15, -0.1) is 0 Å². The first kappa shape index (κ1) is 15.6. The Labute approximate surface area is 132 Å². The second-order valence-corrected chi connectivity index (χ2v) is 5.93. The molecule has 1 aromatic heterocycles. The molecular formula is C14H15Cl2NO2S. The molecular weight excluding hydrogens is 317 g/mol. The van der Waals surface area contributed by atoms with E-state index in [2.05, 4.69) is 10.7 Å². The number of aliphatic hydroxyl groups excluding tert-OH is 1. The molecule has 2 rings (SSSR count). The summed E-state index contributed by atoms with van der Waals surface area (Å²) in [7, 11) is 0. The van der Waals surface area contributed by atoms with Gasteiger partial charge in [-0.25, -0.2) is 0 Å². The molecule has 0 bridgehead atoms. The lowest BCUT2D eigenvalue weighted by Gasteiger charge is -2.14. The molecule has 0 spiro atoms. The molecule has 0 aliphatic carbocycles.